The van der Waals surface area contributed by atoms with Crippen molar-refractivity contribution in [3.63, 3.8) is 0 Å². The number of imide groups is 1. The van der Waals surface area contributed by atoms with Crippen LogP contribution in [0.4, 0.5) is 13.6 Å². The summed E-state index contributed by atoms with van der Waals surface area (Å²) in [6, 6.07) is 11.5. The van der Waals surface area contributed by atoms with Crippen LogP contribution in [0.5, 0.6) is 5.75 Å². The molecule has 3 amide bonds. The highest BCUT2D eigenvalue weighted by atomic mass is 32.2. The maximum absolute atomic E-state index is 12.5. The van der Waals surface area contributed by atoms with Crippen LogP contribution in [0.1, 0.15) is 26.3 Å². The van der Waals surface area contributed by atoms with Crippen LogP contribution in [0.15, 0.2) is 53.4 Å². The molecule has 3 rings (SSSR count). The summed E-state index contributed by atoms with van der Waals surface area (Å²) in [5, 5.41) is 2.13. The number of ether oxygens (including phenoxy) is 2. The molecule has 0 unspecified atom stereocenters. The Kier molecular flexibility index (Phi) is 7.78. The number of thioether (sulfide) groups is 1. The summed E-state index contributed by atoms with van der Waals surface area (Å²) in [5.41, 5.74) is 1.14. The zero-order chi connectivity index (χ0) is 24.0. The molecule has 1 heterocycles. The lowest BCUT2D eigenvalue weighted by Gasteiger charge is -2.13. The summed E-state index contributed by atoms with van der Waals surface area (Å²) in [5.74, 6) is -1.49. The van der Waals surface area contributed by atoms with Crippen LogP contribution in [-0.2, 0) is 9.53 Å². The fourth-order valence-corrected chi connectivity index (χ4v) is 3.71. The summed E-state index contributed by atoms with van der Waals surface area (Å²) in [4.78, 5) is 49.6. The lowest BCUT2D eigenvalue weighted by atomic mass is 10.1. The number of methoxy groups -OCH3 is 1. The van der Waals surface area contributed by atoms with Crippen LogP contribution in [0, 0.1) is 0 Å². The molecule has 8 nitrogen and oxygen atoms in total. The Hall–Kier alpha value is -3.73. The van der Waals surface area contributed by atoms with E-state index in [1.807, 2.05) is 0 Å². The van der Waals surface area contributed by atoms with Gasteiger partial charge in [0.2, 0.25) is 0 Å². The summed E-state index contributed by atoms with van der Waals surface area (Å²) < 4.78 is 33.3. The summed E-state index contributed by atoms with van der Waals surface area (Å²) >= 11 is 0.744. The molecule has 0 radical (unpaired) electrons. The van der Waals surface area contributed by atoms with Gasteiger partial charge in [0.15, 0.2) is 0 Å². The predicted octanol–water partition coefficient (Wildman–Crippen LogP) is 3.54. The van der Waals surface area contributed by atoms with Crippen molar-refractivity contribution >= 4 is 40.9 Å². The molecule has 2 aromatic carbocycles. The number of amides is 3. The van der Waals surface area contributed by atoms with Crippen LogP contribution >= 0.6 is 11.8 Å². The molecule has 0 atom stereocenters. The number of carbonyl (C=O) groups is 4. The molecule has 1 fully saturated rings. The van der Waals surface area contributed by atoms with E-state index in [1.54, 1.807) is 0 Å². The van der Waals surface area contributed by atoms with E-state index in [1.165, 1.54) is 61.7 Å². The number of nitrogens with one attached hydrogen (secondary N) is 1. The number of alkyl halides is 2. The number of hydrogen-bond acceptors (Lipinski definition) is 7. The quantitative estimate of drug-likeness (QED) is 0.459. The van der Waals surface area contributed by atoms with Crippen LogP contribution in [-0.4, -0.2) is 54.7 Å². The van der Waals surface area contributed by atoms with Crippen molar-refractivity contribution in [1.29, 1.82) is 0 Å². The van der Waals surface area contributed by atoms with E-state index in [4.69, 9.17) is 0 Å². The minimum Gasteiger partial charge on any atom is -0.465 e. The number of esters is 1. The summed E-state index contributed by atoms with van der Waals surface area (Å²) in [7, 11) is 1.25. The second kappa shape index (κ2) is 10.7. The maximum Gasteiger partial charge on any atom is 0.387 e. The van der Waals surface area contributed by atoms with E-state index in [2.05, 4.69) is 14.8 Å². The first kappa shape index (κ1) is 23.9. The molecular weight excluding hydrogens is 458 g/mol. The Morgan fingerprint density at radius 3 is 2.30 bits per heavy atom. The zero-order valence-electron chi connectivity index (χ0n) is 17.2. The van der Waals surface area contributed by atoms with Gasteiger partial charge in [-0.05, 0) is 59.8 Å². The Morgan fingerprint density at radius 1 is 1.06 bits per heavy atom. The molecule has 0 spiro atoms. The van der Waals surface area contributed by atoms with Gasteiger partial charge in [0, 0.05) is 18.7 Å². The first-order valence-electron chi connectivity index (χ1n) is 9.55. The van der Waals surface area contributed by atoms with Crippen molar-refractivity contribution in [3.05, 3.63) is 70.1 Å². The van der Waals surface area contributed by atoms with Crippen molar-refractivity contribution in [2.24, 2.45) is 0 Å². The number of halogens is 2. The van der Waals surface area contributed by atoms with Crippen LogP contribution in [0.3, 0.4) is 0 Å². The molecule has 11 heteroatoms. The minimum atomic E-state index is -2.94. The summed E-state index contributed by atoms with van der Waals surface area (Å²) in [6.45, 7) is -2.94. The minimum absolute atomic E-state index is 0.0223. The molecule has 2 aromatic rings. The molecule has 1 aliphatic rings. The molecule has 172 valence electrons. The van der Waals surface area contributed by atoms with E-state index in [9.17, 15) is 28.0 Å². The van der Waals surface area contributed by atoms with Gasteiger partial charge in [-0.3, -0.25) is 19.3 Å². The highest BCUT2D eigenvalue weighted by Gasteiger charge is 2.34. The zero-order valence-corrected chi connectivity index (χ0v) is 18.1. The van der Waals surface area contributed by atoms with Gasteiger partial charge in [0.25, 0.3) is 17.1 Å². The van der Waals surface area contributed by atoms with E-state index >= 15 is 0 Å². The van der Waals surface area contributed by atoms with Gasteiger partial charge in [0.05, 0.1) is 17.6 Å². The first-order valence-corrected chi connectivity index (χ1v) is 10.4. The van der Waals surface area contributed by atoms with Crippen molar-refractivity contribution in [3.8, 4) is 5.75 Å². The molecule has 1 aliphatic heterocycles. The van der Waals surface area contributed by atoms with Crippen LogP contribution in [0.2, 0.25) is 0 Å². The van der Waals surface area contributed by atoms with Gasteiger partial charge < -0.3 is 14.8 Å². The normalized spacial score (nSPS) is 14.7. The topological polar surface area (TPSA) is 102 Å². The largest absolute Gasteiger partial charge is 0.465 e. The lowest BCUT2D eigenvalue weighted by molar-refractivity contribution is -0.122. The number of hydrogen-bond donors (Lipinski definition) is 1. The van der Waals surface area contributed by atoms with E-state index < -0.39 is 29.6 Å². The fourth-order valence-electron chi connectivity index (χ4n) is 2.85. The Bertz CT molecular complexity index is 1090. The van der Waals surface area contributed by atoms with Gasteiger partial charge in [-0.25, -0.2) is 4.79 Å². The molecule has 0 aromatic heterocycles. The Morgan fingerprint density at radius 2 is 1.70 bits per heavy atom. The fraction of sp³-hybridized carbons (Fsp3) is 0.182. The number of rotatable bonds is 8. The molecule has 0 saturated carbocycles. The molecule has 0 bridgehead atoms. The van der Waals surface area contributed by atoms with Gasteiger partial charge in [-0.2, -0.15) is 8.78 Å². The third-order valence-electron chi connectivity index (χ3n) is 4.47. The van der Waals surface area contributed by atoms with Crippen molar-refractivity contribution in [1.82, 2.24) is 10.2 Å². The third kappa shape index (κ3) is 6.16. The van der Waals surface area contributed by atoms with Gasteiger partial charge >= 0.3 is 12.6 Å². The molecule has 1 saturated heterocycles. The third-order valence-corrected chi connectivity index (χ3v) is 5.37. The van der Waals surface area contributed by atoms with Crippen molar-refractivity contribution < 1.29 is 37.4 Å². The predicted molar refractivity (Wildman–Crippen MR) is 116 cm³/mol. The second-order valence-electron chi connectivity index (χ2n) is 6.61. The SMILES string of the molecule is COC(=O)c1ccc(C(=O)NCCN2C(=O)S/C(=C\c3ccc(OC(F)F)cc3)C2=O)cc1. The maximum atomic E-state index is 12.5. The van der Waals surface area contributed by atoms with Gasteiger partial charge in [-0.15, -0.1) is 0 Å². The summed E-state index contributed by atoms with van der Waals surface area (Å²) in [6.07, 6.45) is 1.47. The van der Waals surface area contributed by atoms with Crippen LogP contribution < -0.4 is 10.1 Å². The molecule has 1 N–H and O–H groups in total. The van der Waals surface area contributed by atoms with Crippen molar-refractivity contribution in [2.45, 2.75) is 6.61 Å². The molecular formula is C22H18F2N2O6S. The second-order valence-corrected chi connectivity index (χ2v) is 7.60. The highest BCUT2D eigenvalue weighted by molar-refractivity contribution is 8.18. The monoisotopic (exact) mass is 476 g/mol. The Balaban J connectivity index is 1.55. The smallest absolute Gasteiger partial charge is 0.387 e. The standard InChI is InChI=1S/C22H18F2N2O6S/c1-31-20(29)15-6-4-14(5-7-15)18(27)25-10-11-26-19(28)17(33-22(26)30)12-13-2-8-16(9-3-13)32-21(23)24/h2-9,12,21H,10-11H2,1H3,(H,25,27)/b17-12-. The lowest BCUT2D eigenvalue weighted by Crippen LogP contribution is -2.37. The molecule has 33 heavy (non-hydrogen) atoms. The molecule has 0 aliphatic carbocycles. The Labute approximate surface area is 191 Å². The van der Waals surface area contributed by atoms with E-state index in [-0.39, 0.29) is 23.7 Å². The van der Waals surface area contributed by atoms with Gasteiger partial charge in [0.1, 0.15) is 5.75 Å². The average Bonchev–Trinajstić information content (AvgIpc) is 3.06. The van der Waals surface area contributed by atoms with Gasteiger partial charge in [-0.1, -0.05) is 12.1 Å². The number of benzene rings is 2. The average molecular weight is 476 g/mol. The highest BCUT2D eigenvalue weighted by Crippen LogP contribution is 2.32. The van der Waals surface area contributed by atoms with E-state index in [0.717, 1.165) is 16.7 Å². The number of nitrogens with zero attached hydrogens (tertiary/aromatic N) is 1. The van der Waals surface area contributed by atoms with E-state index in [0.29, 0.717) is 16.7 Å². The van der Waals surface area contributed by atoms with Crippen molar-refractivity contribution in [2.75, 3.05) is 20.2 Å². The van der Waals surface area contributed by atoms with Crippen LogP contribution in [0.25, 0.3) is 6.08 Å². The first-order chi connectivity index (χ1) is 15.8. The number of carbonyl (C=O) groups excluding carboxylic acids is 4.